The number of benzene rings is 1. The van der Waals surface area contributed by atoms with E-state index in [2.05, 4.69) is 15.0 Å². The first-order chi connectivity index (χ1) is 10.1. The fraction of sp³-hybridized carbons (Fsp3) is 0.0714. The standard InChI is InChI=1S/C14H12ClN5O/c1-20-7-17-5-10(20)14-13(18-6-12(16)19-14)8-2-3-11(21)9(15)4-8/h2-7,21H,1H3,(H2,16,19). The van der Waals surface area contributed by atoms with Gasteiger partial charge in [-0.05, 0) is 18.2 Å². The van der Waals surface area contributed by atoms with E-state index < -0.39 is 0 Å². The van der Waals surface area contributed by atoms with Crippen molar-refractivity contribution in [3.63, 3.8) is 0 Å². The minimum atomic E-state index is 0.0194. The number of hydrogen-bond donors (Lipinski definition) is 2. The summed E-state index contributed by atoms with van der Waals surface area (Å²) < 4.78 is 1.83. The predicted octanol–water partition coefficient (Wildman–Crippen LogP) is 2.49. The van der Waals surface area contributed by atoms with Gasteiger partial charge in [0, 0.05) is 12.6 Å². The van der Waals surface area contributed by atoms with Gasteiger partial charge in [-0.15, -0.1) is 0 Å². The average Bonchev–Trinajstić information content (AvgIpc) is 2.88. The fourth-order valence-electron chi connectivity index (χ4n) is 2.03. The normalized spacial score (nSPS) is 10.8. The van der Waals surface area contributed by atoms with E-state index >= 15 is 0 Å². The van der Waals surface area contributed by atoms with Crippen LogP contribution in [0.3, 0.4) is 0 Å². The van der Waals surface area contributed by atoms with Crippen LogP contribution in [0.5, 0.6) is 5.75 Å². The quantitative estimate of drug-likeness (QED) is 0.759. The summed E-state index contributed by atoms with van der Waals surface area (Å²) in [4.78, 5) is 12.8. The van der Waals surface area contributed by atoms with Crippen molar-refractivity contribution in [1.29, 1.82) is 0 Å². The number of nitrogens with two attached hydrogens (primary N) is 1. The lowest BCUT2D eigenvalue weighted by Crippen LogP contribution is -2.01. The highest BCUT2D eigenvalue weighted by Gasteiger charge is 2.15. The SMILES string of the molecule is Cn1cncc1-c1nc(N)cnc1-c1ccc(O)c(Cl)c1. The highest BCUT2D eigenvalue weighted by molar-refractivity contribution is 6.32. The van der Waals surface area contributed by atoms with Gasteiger partial charge in [-0.25, -0.2) is 9.97 Å². The highest BCUT2D eigenvalue weighted by Crippen LogP contribution is 2.33. The van der Waals surface area contributed by atoms with Crippen molar-refractivity contribution in [1.82, 2.24) is 19.5 Å². The first-order valence-electron chi connectivity index (χ1n) is 6.14. The van der Waals surface area contributed by atoms with Crippen LogP contribution in [0.4, 0.5) is 5.82 Å². The van der Waals surface area contributed by atoms with E-state index in [4.69, 9.17) is 17.3 Å². The van der Waals surface area contributed by atoms with E-state index in [9.17, 15) is 5.11 Å². The smallest absolute Gasteiger partial charge is 0.142 e. The van der Waals surface area contributed by atoms with Crippen molar-refractivity contribution in [2.24, 2.45) is 7.05 Å². The molecule has 0 atom stereocenters. The van der Waals surface area contributed by atoms with E-state index in [1.807, 2.05) is 11.6 Å². The number of nitrogen functional groups attached to an aromatic ring is 1. The lowest BCUT2D eigenvalue weighted by Gasteiger charge is -2.10. The van der Waals surface area contributed by atoms with Crippen molar-refractivity contribution in [2.45, 2.75) is 0 Å². The molecule has 0 saturated heterocycles. The second-order valence-electron chi connectivity index (χ2n) is 4.55. The van der Waals surface area contributed by atoms with Gasteiger partial charge in [-0.3, -0.25) is 4.98 Å². The number of imidazole rings is 1. The molecule has 7 heteroatoms. The van der Waals surface area contributed by atoms with Crippen LogP contribution in [0.25, 0.3) is 22.6 Å². The second-order valence-corrected chi connectivity index (χ2v) is 4.96. The summed E-state index contributed by atoms with van der Waals surface area (Å²) in [6, 6.07) is 4.88. The topological polar surface area (TPSA) is 89.9 Å². The number of phenolic OH excluding ortho intramolecular Hbond substituents is 1. The molecule has 0 fully saturated rings. The second kappa shape index (κ2) is 5.06. The Morgan fingerprint density at radius 2 is 2.05 bits per heavy atom. The molecule has 0 aliphatic rings. The molecule has 0 aliphatic carbocycles. The van der Waals surface area contributed by atoms with Crippen LogP contribution in [0.1, 0.15) is 0 Å². The molecule has 0 saturated carbocycles. The number of phenols is 1. The summed E-state index contributed by atoms with van der Waals surface area (Å²) in [5.74, 6) is 0.339. The van der Waals surface area contributed by atoms with Crippen LogP contribution < -0.4 is 5.73 Å². The van der Waals surface area contributed by atoms with Gasteiger partial charge in [0.15, 0.2) is 0 Å². The molecule has 3 aromatic rings. The Morgan fingerprint density at radius 3 is 2.71 bits per heavy atom. The molecule has 0 spiro atoms. The van der Waals surface area contributed by atoms with Crippen LogP contribution in [-0.2, 0) is 7.05 Å². The van der Waals surface area contributed by atoms with Crippen LogP contribution in [0.15, 0.2) is 36.9 Å². The molecule has 0 aliphatic heterocycles. The average molecular weight is 302 g/mol. The van der Waals surface area contributed by atoms with E-state index in [0.717, 1.165) is 11.3 Å². The maximum absolute atomic E-state index is 9.53. The van der Waals surface area contributed by atoms with E-state index in [1.165, 1.54) is 12.3 Å². The molecule has 3 N–H and O–H groups in total. The molecule has 0 radical (unpaired) electrons. The molecule has 1 aromatic carbocycles. The van der Waals surface area contributed by atoms with Crippen LogP contribution in [0, 0.1) is 0 Å². The maximum Gasteiger partial charge on any atom is 0.142 e. The Labute approximate surface area is 125 Å². The zero-order valence-corrected chi connectivity index (χ0v) is 11.9. The molecule has 3 rings (SSSR count). The van der Waals surface area contributed by atoms with Crippen molar-refractivity contribution in [3.05, 3.63) is 41.9 Å². The molecule has 6 nitrogen and oxygen atoms in total. The van der Waals surface area contributed by atoms with Gasteiger partial charge in [0.05, 0.1) is 35.1 Å². The third-order valence-corrected chi connectivity index (χ3v) is 3.37. The van der Waals surface area contributed by atoms with Crippen LogP contribution in [-0.4, -0.2) is 24.6 Å². The van der Waals surface area contributed by atoms with Gasteiger partial charge in [0.2, 0.25) is 0 Å². The summed E-state index contributed by atoms with van der Waals surface area (Å²) in [5, 5.41) is 9.78. The van der Waals surface area contributed by atoms with E-state index in [0.29, 0.717) is 17.2 Å². The Morgan fingerprint density at radius 1 is 1.24 bits per heavy atom. The third-order valence-electron chi connectivity index (χ3n) is 3.07. The Balaban J connectivity index is 2.23. The molecular weight excluding hydrogens is 290 g/mol. The zero-order valence-electron chi connectivity index (χ0n) is 11.2. The maximum atomic E-state index is 9.53. The first kappa shape index (κ1) is 13.4. The summed E-state index contributed by atoms with van der Waals surface area (Å²) in [7, 11) is 1.86. The Bertz CT molecular complexity index is 815. The number of aromatic nitrogens is 4. The molecule has 0 bridgehead atoms. The van der Waals surface area contributed by atoms with Crippen molar-refractivity contribution in [2.75, 3.05) is 5.73 Å². The Kier molecular flexibility index (Phi) is 3.23. The van der Waals surface area contributed by atoms with Gasteiger partial charge in [-0.1, -0.05) is 11.6 Å². The summed E-state index contributed by atoms with van der Waals surface area (Å²) in [6.07, 6.45) is 4.85. The van der Waals surface area contributed by atoms with Crippen molar-refractivity contribution < 1.29 is 5.11 Å². The lowest BCUT2D eigenvalue weighted by molar-refractivity contribution is 0.475. The summed E-state index contributed by atoms with van der Waals surface area (Å²) in [5.41, 5.74) is 8.50. The largest absolute Gasteiger partial charge is 0.506 e. The number of hydrogen-bond acceptors (Lipinski definition) is 5. The number of anilines is 1. The highest BCUT2D eigenvalue weighted by atomic mass is 35.5. The molecule has 21 heavy (non-hydrogen) atoms. The van der Waals surface area contributed by atoms with Gasteiger partial charge in [0.25, 0.3) is 0 Å². The zero-order chi connectivity index (χ0) is 15.0. The Hall–Kier alpha value is -2.60. The first-order valence-corrected chi connectivity index (χ1v) is 6.52. The number of aryl methyl sites for hydroxylation is 1. The van der Waals surface area contributed by atoms with Gasteiger partial charge in [0.1, 0.15) is 17.3 Å². The van der Waals surface area contributed by atoms with Crippen LogP contribution in [0.2, 0.25) is 5.02 Å². The minimum absolute atomic E-state index is 0.0194. The molecule has 0 amide bonds. The molecule has 2 heterocycles. The number of rotatable bonds is 2. The van der Waals surface area contributed by atoms with Gasteiger partial charge < -0.3 is 15.4 Å². The molecule has 0 unspecified atom stereocenters. The fourth-order valence-corrected chi connectivity index (χ4v) is 2.21. The van der Waals surface area contributed by atoms with E-state index in [-0.39, 0.29) is 10.8 Å². The number of aromatic hydroxyl groups is 1. The molecule has 2 aromatic heterocycles. The number of halogens is 1. The van der Waals surface area contributed by atoms with Crippen molar-refractivity contribution >= 4 is 17.4 Å². The summed E-state index contributed by atoms with van der Waals surface area (Å²) >= 11 is 5.96. The third kappa shape index (κ3) is 2.41. The van der Waals surface area contributed by atoms with Gasteiger partial charge in [-0.2, -0.15) is 0 Å². The molecule has 106 valence electrons. The monoisotopic (exact) mass is 301 g/mol. The lowest BCUT2D eigenvalue weighted by atomic mass is 10.1. The van der Waals surface area contributed by atoms with E-state index in [1.54, 1.807) is 24.7 Å². The minimum Gasteiger partial charge on any atom is -0.506 e. The molecular formula is C14H12ClN5O. The van der Waals surface area contributed by atoms with Crippen molar-refractivity contribution in [3.8, 4) is 28.4 Å². The predicted molar refractivity (Wildman–Crippen MR) is 80.8 cm³/mol. The van der Waals surface area contributed by atoms with Gasteiger partial charge >= 0.3 is 0 Å². The van der Waals surface area contributed by atoms with Crippen LogP contribution >= 0.6 is 11.6 Å². The number of nitrogens with zero attached hydrogens (tertiary/aromatic N) is 4. The summed E-state index contributed by atoms with van der Waals surface area (Å²) in [6.45, 7) is 0.